The Kier molecular flexibility index (Phi) is 4.73. The van der Waals surface area contributed by atoms with Gasteiger partial charge in [-0.1, -0.05) is 12.1 Å². The summed E-state index contributed by atoms with van der Waals surface area (Å²) in [6.07, 6.45) is 5.29. The van der Waals surface area contributed by atoms with Gasteiger partial charge in [-0.25, -0.2) is 4.98 Å². The number of thiophene rings is 1. The number of rotatable bonds is 6. The fourth-order valence-corrected chi connectivity index (χ4v) is 2.92. The van der Waals surface area contributed by atoms with Gasteiger partial charge in [0.1, 0.15) is 5.75 Å². The number of hydrogen-bond acceptors (Lipinski definition) is 4. The quantitative estimate of drug-likeness (QED) is 0.756. The van der Waals surface area contributed by atoms with Crippen molar-refractivity contribution in [2.75, 3.05) is 6.61 Å². The minimum atomic E-state index is -0.140. The zero-order valence-corrected chi connectivity index (χ0v) is 13.5. The van der Waals surface area contributed by atoms with E-state index in [0.29, 0.717) is 5.75 Å². The molecule has 1 amide bonds. The molecular weight excluding hydrogens is 310 g/mol. The molecule has 0 fully saturated rings. The van der Waals surface area contributed by atoms with E-state index in [9.17, 15) is 4.79 Å². The lowest BCUT2D eigenvalue weighted by Crippen LogP contribution is -2.30. The van der Waals surface area contributed by atoms with Crippen LogP contribution in [0.25, 0.3) is 5.69 Å². The van der Waals surface area contributed by atoms with Crippen LogP contribution < -0.4 is 10.1 Å². The molecule has 2 heterocycles. The molecule has 3 aromatic rings. The minimum Gasteiger partial charge on any atom is -0.484 e. The summed E-state index contributed by atoms with van der Waals surface area (Å²) in [5, 5.41) is 4.92. The first-order chi connectivity index (χ1) is 11.2. The van der Waals surface area contributed by atoms with E-state index in [-0.39, 0.29) is 18.6 Å². The summed E-state index contributed by atoms with van der Waals surface area (Å²) in [6.45, 7) is 1.95. The van der Waals surface area contributed by atoms with E-state index in [2.05, 4.69) is 10.3 Å². The van der Waals surface area contributed by atoms with Crippen molar-refractivity contribution in [1.82, 2.24) is 14.9 Å². The highest BCUT2D eigenvalue weighted by Crippen LogP contribution is 2.19. The topological polar surface area (TPSA) is 56.1 Å². The van der Waals surface area contributed by atoms with Gasteiger partial charge in [-0.15, -0.1) is 11.3 Å². The van der Waals surface area contributed by atoms with E-state index < -0.39 is 0 Å². The van der Waals surface area contributed by atoms with Crippen molar-refractivity contribution < 1.29 is 9.53 Å². The number of imidazole rings is 1. The van der Waals surface area contributed by atoms with Crippen LogP contribution in [0.15, 0.2) is 60.5 Å². The zero-order chi connectivity index (χ0) is 16.1. The van der Waals surface area contributed by atoms with Gasteiger partial charge in [0.15, 0.2) is 6.61 Å². The second kappa shape index (κ2) is 7.11. The fourth-order valence-electron chi connectivity index (χ4n) is 2.19. The first-order valence-corrected chi connectivity index (χ1v) is 8.14. The first kappa shape index (κ1) is 15.3. The van der Waals surface area contributed by atoms with Crippen molar-refractivity contribution in [3.8, 4) is 11.4 Å². The van der Waals surface area contributed by atoms with Crippen LogP contribution in [0, 0.1) is 0 Å². The van der Waals surface area contributed by atoms with E-state index in [0.717, 1.165) is 10.6 Å². The highest BCUT2D eigenvalue weighted by Gasteiger charge is 2.11. The summed E-state index contributed by atoms with van der Waals surface area (Å²) in [7, 11) is 0. The molecule has 118 valence electrons. The molecule has 0 aliphatic carbocycles. The molecule has 1 aromatic carbocycles. The Balaban J connectivity index is 1.56. The Hall–Kier alpha value is -2.60. The number of aromatic nitrogens is 2. The minimum absolute atomic E-state index is 0.0108. The van der Waals surface area contributed by atoms with E-state index in [1.807, 2.05) is 59.5 Å². The number of carbonyl (C=O) groups is 1. The largest absolute Gasteiger partial charge is 0.484 e. The predicted octanol–water partition coefficient (Wildman–Crippen LogP) is 3.19. The highest BCUT2D eigenvalue weighted by molar-refractivity contribution is 7.10. The number of nitrogens with zero attached hydrogens (tertiary/aromatic N) is 2. The Morgan fingerprint density at radius 1 is 1.39 bits per heavy atom. The summed E-state index contributed by atoms with van der Waals surface area (Å²) in [5.74, 6) is 0.508. The van der Waals surface area contributed by atoms with Crippen LogP contribution in [0.5, 0.6) is 5.75 Å². The second-order valence-corrected chi connectivity index (χ2v) is 6.04. The van der Waals surface area contributed by atoms with Crippen molar-refractivity contribution in [1.29, 1.82) is 0 Å². The number of carbonyl (C=O) groups excluding carboxylic acids is 1. The zero-order valence-electron chi connectivity index (χ0n) is 12.7. The number of benzene rings is 1. The van der Waals surface area contributed by atoms with Crippen molar-refractivity contribution in [3.05, 3.63) is 65.4 Å². The number of hydrogen-bond donors (Lipinski definition) is 1. The van der Waals surface area contributed by atoms with Crippen LogP contribution in [0.3, 0.4) is 0 Å². The molecule has 2 aromatic heterocycles. The molecule has 0 aliphatic heterocycles. The maximum atomic E-state index is 12.0. The summed E-state index contributed by atoms with van der Waals surface area (Å²) in [6, 6.07) is 11.5. The third kappa shape index (κ3) is 3.98. The molecule has 3 rings (SSSR count). The van der Waals surface area contributed by atoms with Crippen molar-refractivity contribution in [2.24, 2.45) is 0 Å². The SMILES string of the molecule is C[C@@H](NC(=O)COc1cccc(-n2ccnc2)c1)c1cccs1. The Bertz CT molecular complexity index is 754. The van der Waals surface area contributed by atoms with Crippen LogP contribution in [0.1, 0.15) is 17.8 Å². The Morgan fingerprint density at radius 3 is 3.04 bits per heavy atom. The molecule has 0 saturated heterocycles. The summed E-state index contributed by atoms with van der Waals surface area (Å²) in [5.41, 5.74) is 0.937. The van der Waals surface area contributed by atoms with E-state index in [1.54, 1.807) is 23.9 Å². The molecule has 0 bridgehead atoms. The summed E-state index contributed by atoms with van der Waals surface area (Å²) in [4.78, 5) is 17.1. The lowest BCUT2D eigenvalue weighted by molar-refractivity contribution is -0.123. The lowest BCUT2D eigenvalue weighted by Gasteiger charge is -2.13. The molecular formula is C17H17N3O2S. The van der Waals surface area contributed by atoms with Crippen LogP contribution in [-0.2, 0) is 4.79 Å². The van der Waals surface area contributed by atoms with E-state index >= 15 is 0 Å². The van der Waals surface area contributed by atoms with Gasteiger partial charge in [-0.3, -0.25) is 4.79 Å². The Morgan fingerprint density at radius 2 is 2.30 bits per heavy atom. The molecule has 6 heteroatoms. The standard InChI is InChI=1S/C17H17N3O2S/c1-13(16-6-3-9-23-16)19-17(21)11-22-15-5-2-4-14(10-15)20-8-7-18-12-20/h2-10,12-13H,11H2,1H3,(H,19,21)/t13-/m1/s1. The number of ether oxygens (including phenoxy) is 1. The maximum absolute atomic E-state index is 12.0. The van der Waals surface area contributed by atoms with Gasteiger partial charge in [-0.2, -0.15) is 0 Å². The van der Waals surface area contributed by atoms with E-state index in [1.165, 1.54) is 0 Å². The lowest BCUT2D eigenvalue weighted by atomic mass is 10.3. The molecule has 0 radical (unpaired) electrons. The molecule has 0 spiro atoms. The third-order valence-electron chi connectivity index (χ3n) is 3.34. The maximum Gasteiger partial charge on any atom is 0.258 e. The first-order valence-electron chi connectivity index (χ1n) is 7.26. The van der Waals surface area contributed by atoms with Crippen molar-refractivity contribution in [2.45, 2.75) is 13.0 Å². The van der Waals surface area contributed by atoms with Crippen LogP contribution in [0.4, 0.5) is 0 Å². The van der Waals surface area contributed by atoms with Gasteiger partial charge < -0.3 is 14.6 Å². The number of nitrogens with one attached hydrogen (secondary N) is 1. The highest BCUT2D eigenvalue weighted by atomic mass is 32.1. The average Bonchev–Trinajstić information content (AvgIpc) is 3.26. The second-order valence-electron chi connectivity index (χ2n) is 5.06. The molecule has 1 atom stereocenters. The molecule has 0 saturated carbocycles. The molecule has 5 nitrogen and oxygen atoms in total. The van der Waals surface area contributed by atoms with Crippen LogP contribution in [0.2, 0.25) is 0 Å². The van der Waals surface area contributed by atoms with Gasteiger partial charge in [0, 0.05) is 23.3 Å². The molecule has 1 N–H and O–H groups in total. The van der Waals surface area contributed by atoms with Crippen LogP contribution >= 0.6 is 11.3 Å². The fraction of sp³-hybridized carbons (Fsp3) is 0.176. The molecule has 0 aliphatic rings. The van der Waals surface area contributed by atoms with Gasteiger partial charge in [0.05, 0.1) is 18.1 Å². The van der Waals surface area contributed by atoms with Gasteiger partial charge in [0.25, 0.3) is 5.91 Å². The molecule has 0 unspecified atom stereocenters. The van der Waals surface area contributed by atoms with Crippen molar-refractivity contribution >= 4 is 17.2 Å². The van der Waals surface area contributed by atoms with Gasteiger partial charge in [0.2, 0.25) is 0 Å². The van der Waals surface area contributed by atoms with E-state index in [4.69, 9.17) is 4.74 Å². The predicted molar refractivity (Wildman–Crippen MR) is 89.9 cm³/mol. The third-order valence-corrected chi connectivity index (χ3v) is 4.39. The summed E-state index contributed by atoms with van der Waals surface area (Å²) >= 11 is 1.62. The summed E-state index contributed by atoms with van der Waals surface area (Å²) < 4.78 is 7.46. The van der Waals surface area contributed by atoms with Gasteiger partial charge in [-0.05, 0) is 30.5 Å². The smallest absolute Gasteiger partial charge is 0.258 e. The Labute approximate surface area is 138 Å². The van der Waals surface area contributed by atoms with Crippen molar-refractivity contribution in [3.63, 3.8) is 0 Å². The van der Waals surface area contributed by atoms with Crippen LogP contribution in [-0.4, -0.2) is 22.1 Å². The average molecular weight is 327 g/mol. The normalized spacial score (nSPS) is 11.9. The number of amides is 1. The van der Waals surface area contributed by atoms with Gasteiger partial charge >= 0.3 is 0 Å². The monoisotopic (exact) mass is 327 g/mol. The molecule has 23 heavy (non-hydrogen) atoms.